The Kier molecular flexibility index (Phi) is 2.19. The maximum Gasteiger partial charge on any atom is 0.324 e. The predicted octanol–water partition coefficient (Wildman–Crippen LogP) is 0.566. The minimum absolute atomic E-state index is 0.0389. The molecular weight excluding hydrogens is 180 g/mol. The number of rotatable bonds is 1. The maximum atomic E-state index is 5.18. The first-order valence-electron chi connectivity index (χ1n) is 4.88. The zero-order chi connectivity index (χ0) is 10.2. The summed E-state index contributed by atoms with van der Waals surface area (Å²) < 4.78 is 5.18. The molecule has 14 heavy (non-hydrogen) atoms. The molecule has 0 amide bonds. The second kappa shape index (κ2) is 3.24. The second-order valence-electron chi connectivity index (χ2n) is 4.27. The summed E-state index contributed by atoms with van der Waals surface area (Å²) >= 11 is 0. The second-order valence-corrected chi connectivity index (χ2v) is 4.27. The quantitative estimate of drug-likeness (QED) is 0.711. The highest BCUT2D eigenvalue weighted by atomic mass is 16.5. The van der Waals surface area contributed by atoms with E-state index in [1.165, 1.54) is 0 Å². The first kappa shape index (κ1) is 9.45. The minimum Gasteiger partial charge on any atom is -0.317 e. The Hall–Kier alpha value is -1.10. The van der Waals surface area contributed by atoms with Gasteiger partial charge in [0.1, 0.15) is 0 Å². The molecule has 0 unspecified atom stereocenters. The van der Waals surface area contributed by atoms with Crippen LogP contribution in [0, 0.1) is 6.92 Å². The van der Waals surface area contributed by atoms with Gasteiger partial charge < -0.3 is 14.7 Å². The summed E-state index contributed by atoms with van der Waals surface area (Å²) in [5.41, 5.74) is 0.0389. The molecule has 1 aliphatic heterocycles. The molecule has 1 aliphatic rings. The Bertz CT molecular complexity index is 320. The van der Waals surface area contributed by atoms with Crippen LogP contribution >= 0.6 is 0 Å². The van der Waals surface area contributed by atoms with E-state index in [-0.39, 0.29) is 5.54 Å². The van der Waals surface area contributed by atoms with E-state index in [0.717, 1.165) is 19.6 Å². The van der Waals surface area contributed by atoms with E-state index in [0.29, 0.717) is 11.8 Å². The van der Waals surface area contributed by atoms with E-state index in [1.807, 2.05) is 6.92 Å². The molecule has 0 aliphatic carbocycles. The van der Waals surface area contributed by atoms with Gasteiger partial charge in [0.25, 0.3) is 0 Å². The smallest absolute Gasteiger partial charge is 0.317 e. The number of aromatic nitrogens is 2. The number of hydrogen-bond acceptors (Lipinski definition) is 5. The van der Waals surface area contributed by atoms with E-state index in [1.54, 1.807) is 0 Å². The van der Waals surface area contributed by atoms with Crippen LogP contribution in [-0.2, 0) is 0 Å². The summed E-state index contributed by atoms with van der Waals surface area (Å²) in [5.74, 6) is 0.689. The van der Waals surface area contributed by atoms with Crippen molar-refractivity contribution in [2.75, 3.05) is 24.5 Å². The van der Waals surface area contributed by atoms with Gasteiger partial charge in [-0.3, -0.25) is 0 Å². The highest BCUT2D eigenvalue weighted by molar-refractivity contribution is 5.31. The number of piperazine rings is 1. The predicted molar refractivity (Wildman–Crippen MR) is 53.3 cm³/mol. The maximum absolute atomic E-state index is 5.18. The van der Waals surface area contributed by atoms with Gasteiger partial charge in [-0.25, -0.2) is 0 Å². The van der Waals surface area contributed by atoms with Crippen LogP contribution in [0.15, 0.2) is 4.52 Å². The fraction of sp³-hybridized carbons (Fsp3) is 0.778. The summed E-state index contributed by atoms with van der Waals surface area (Å²) in [5, 5.41) is 7.16. The molecule has 1 fully saturated rings. The van der Waals surface area contributed by atoms with Gasteiger partial charge in [-0.1, -0.05) is 5.16 Å². The summed E-state index contributed by atoms with van der Waals surface area (Å²) in [7, 11) is 0. The Morgan fingerprint density at radius 3 is 2.86 bits per heavy atom. The van der Waals surface area contributed by atoms with Crippen molar-refractivity contribution in [3.63, 3.8) is 0 Å². The van der Waals surface area contributed by atoms with Crippen LogP contribution in [0.1, 0.15) is 19.7 Å². The molecule has 5 nitrogen and oxygen atoms in total. The van der Waals surface area contributed by atoms with Crippen molar-refractivity contribution >= 4 is 6.01 Å². The van der Waals surface area contributed by atoms with Crippen molar-refractivity contribution in [1.29, 1.82) is 0 Å². The van der Waals surface area contributed by atoms with E-state index >= 15 is 0 Å². The lowest BCUT2D eigenvalue weighted by atomic mass is 10.0. The van der Waals surface area contributed by atoms with E-state index < -0.39 is 0 Å². The van der Waals surface area contributed by atoms with Crippen LogP contribution < -0.4 is 10.2 Å². The first-order valence-corrected chi connectivity index (χ1v) is 4.88. The molecule has 0 atom stereocenters. The molecule has 0 bridgehead atoms. The van der Waals surface area contributed by atoms with Gasteiger partial charge in [-0.15, -0.1) is 0 Å². The molecule has 2 rings (SSSR count). The highest BCUT2D eigenvalue weighted by Gasteiger charge is 2.32. The van der Waals surface area contributed by atoms with Crippen molar-refractivity contribution in [1.82, 2.24) is 15.5 Å². The Labute approximate surface area is 83.5 Å². The van der Waals surface area contributed by atoms with E-state index in [4.69, 9.17) is 4.52 Å². The first-order chi connectivity index (χ1) is 6.59. The van der Waals surface area contributed by atoms with Crippen molar-refractivity contribution in [3.8, 4) is 0 Å². The Balaban J connectivity index is 2.23. The lowest BCUT2D eigenvalue weighted by molar-refractivity contribution is 0.329. The van der Waals surface area contributed by atoms with Crippen molar-refractivity contribution in [2.24, 2.45) is 0 Å². The molecule has 1 saturated heterocycles. The van der Waals surface area contributed by atoms with Crippen molar-refractivity contribution in [2.45, 2.75) is 26.3 Å². The number of nitrogens with zero attached hydrogens (tertiary/aromatic N) is 3. The topological polar surface area (TPSA) is 54.2 Å². The molecule has 0 spiro atoms. The normalized spacial score (nSPS) is 21.2. The third kappa shape index (κ3) is 1.59. The van der Waals surface area contributed by atoms with Crippen molar-refractivity contribution in [3.05, 3.63) is 5.82 Å². The number of aryl methyl sites for hydroxylation is 1. The highest BCUT2D eigenvalue weighted by Crippen LogP contribution is 2.23. The average Bonchev–Trinajstić information content (AvgIpc) is 2.51. The van der Waals surface area contributed by atoms with Gasteiger partial charge in [0.05, 0.1) is 5.54 Å². The van der Waals surface area contributed by atoms with Crippen LogP contribution in [-0.4, -0.2) is 35.3 Å². The lowest BCUT2D eigenvalue weighted by Gasteiger charge is -2.41. The summed E-state index contributed by atoms with van der Waals surface area (Å²) in [6, 6.07) is 0.633. The molecular formula is C9H16N4O. The zero-order valence-corrected chi connectivity index (χ0v) is 8.87. The average molecular weight is 196 g/mol. The van der Waals surface area contributed by atoms with Crippen LogP contribution in [0.25, 0.3) is 0 Å². The van der Waals surface area contributed by atoms with E-state index in [2.05, 4.69) is 34.2 Å². The molecule has 1 N–H and O–H groups in total. The summed E-state index contributed by atoms with van der Waals surface area (Å²) in [6.45, 7) is 8.98. The molecule has 2 heterocycles. The van der Waals surface area contributed by atoms with Crippen LogP contribution in [0.5, 0.6) is 0 Å². The van der Waals surface area contributed by atoms with Gasteiger partial charge in [0, 0.05) is 19.6 Å². The number of hydrogen-bond donors (Lipinski definition) is 1. The Morgan fingerprint density at radius 1 is 1.50 bits per heavy atom. The third-order valence-electron chi connectivity index (χ3n) is 2.55. The third-order valence-corrected chi connectivity index (χ3v) is 2.55. The summed E-state index contributed by atoms with van der Waals surface area (Å²) in [6.07, 6.45) is 0. The van der Waals surface area contributed by atoms with Gasteiger partial charge in [0.15, 0.2) is 5.82 Å². The molecule has 0 aromatic carbocycles. The fourth-order valence-electron chi connectivity index (χ4n) is 1.73. The lowest BCUT2D eigenvalue weighted by Crippen LogP contribution is -2.58. The standard InChI is InChI=1S/C9H16N4O/c1-7-11-8(14-12-7)13-5-4-10-6-9(13,2)3/h10H,4-6H2,1-3H3. The number of anilines is 1. The van der Waals surface area contributed by atoms with Gasteiger partial charge in [-0.05, 0) is 20.8 Å². The van der Waals surface area contributed by atoms with E-state index in [9.17, 15) is 0 Å². The molecule has 78 valence electrons. The summed E-state index contributed by atoms with van der Waals surface area (Å²) in [4.78, 5) is 6.41. The van der Waals surface area contributed by atoms with Gasteiger partial charge >= 0.3 is 6.01 Å². The molecule has 0 saturated carbocycles. The van der Waals surface area contributed by atoms with Crippen LogP contribution in [0.2, 0.25) is 0 Å². The number of nitrogens with one attached hydrogen (secondary N) is 1. The van der Waals surface area contributed by atoms with Gasteiger partial charge in [0.2, 0.25) is 0 Å². The van der Waals surface area contributed by atoms with Gasteiger partial charge in [-0.2, -0.15) is 4.98 Å². The fourth-order valence-corrected chi connectivity index (χ4v) is 1.73. The van der Waals surface area contributed by atoms with Crippen molar-refractivity contribution < 1.29 is 4.52 Å². The van der Waals surface area contributed by atoms with Crippen LogP contribution in [0.4, 0.5) is 6.01 Å². The monoisotopic (exact) mass is 196 g/mol. The largest absolute Gasteiger partial charge is 0.324 e. The Morgan fingerprint density at radius 2 is 2.29 bits per heavy atom. The van der Waals surface area contributed by atoms with Crippen LogP contribution in [0.3, 0.4) is 0 Å². The SMILES string of the molecule is Cc1noc(N2CCNCC2(C)C)n1. The zero-order valence-electron chi connectivity index (χ0n) is 8.87. The molecule has 1 aromatic heterocycles. The molecule has 5 heteroatoms. The molecule has 0 radical (unpaired) electrons. The minimum atomic E-state index is 0.0389. The molecule has 1 aromatic rings.